The van der Waals surface area contributed by atoms with Crippen LogP contribution in [0.25, 0.3) is 0 Å². The summed E-state index contributed by atoms with van der Waals surface area (Å²) in [5.74, 6) is 1.65. The quantitative estimate of drug-likeness (QED) is 0.632. The summed E-state index contributed by atoms with van der Waals surface area (Å²) in [5, 5.41) is 8.60. The van der Waals surface area contributed by atoms with Crippen LogP contribution in [-0.2, 0) is 6.54 Å². The minimum absolute atomic E-state index is 0.309. The third kappa shape index (κ3) is 4.41. The molecule has 1 saturated heterocycles. The maximum atomic E-state index is 6.25. The fourth-order valence-electron chi connectivity index (χ4n) is 2.84. The molecule has 0 saturated carbocycles. The number of nitrogens with zero attached hydrogens (tertiary/aromatic N) is 4. The number of aromatic nitrogens is 2. The lowest BCUT2D eigenvalue weighted by molar-refractivity contribution is 0.648. The SMILES string of the molecule is CN=C(NCc1nc(C)c(C)s1)NC1CCN(c2ncccc2Cl)C1. The minimum atomic E-state index is 0.309. The molecule has 134 valence electrons. The highest BCUT2D eigenvalue weighted by Crippen LogP contribution is 2.25. The summed E-state index contributed by atoms with van der Waals surface area (Å²) in [6, 6.07) is 4.04. The average Bonchev–Trinajstić information content (AvgIpc) is 3.19. The molecule has 3 rings (SSSR count). The molecule has 0 aliphatic carbocycles. The molecule has 1 unspecified atom stereocenters. The number of anilines is 1. The fourth-order valence-corrected chi connectivity index (χ4v) is 3.96. The summed E-state index contributed by atoms with van der Waals surface area (Å²) in [6.45, 7) is 6.60. The van der Waals surface area contributed by atoms with Crippen molar-refractivity contribution in [1.29, 1.82) is 0 Å². The van der Waals surface area contributed by atoms with Crippen molar-refractivity contribution in [3.8, 4) is 0 Å². The van der Waals surface area contributed by atoms with Crippen molar-refractivity contribution in [2.75, 3.05) is 25.0 Å². The Balaban J connectivity index is 1.53. The molecule has 1 aliphatic heterocycles. The van der Waals surface area contributed by atoms with Crippen LogP contribution in [0.5, 0.6) is 0 Å². The van der Waals surface area contributed by atoms with Crippen LogP contribution in [0, 0.1) is 13.8 Å². The van der Waals surface area contributed by atoms with Gasteiger partial charge in [-0.25, -0.2) is 9.97 Å². The highest BCUT2D eigenvalue weighted by molar-refractivity contribution is 7.11. The molecule has 2 N–H and O–H groups in total. The molecule has 1 fully saturated rings. The summed E-state index contributed by atoms with van der Waals surface area (Å²) in [5.41, 5.74) is 1.10. The predicted octanol–water partition coefficient (Wildman–Crippen LogP) is 2.75. The van der Waals surface area contributed by atoms with Gasteiger partial charge < -0.3 is 15.5 Å². The van der Waals surface area contributed by atoms with E-state index in [0.717, 1.165) is 42.0 Å². The number of thiazole rings is 1. The van der Waals surface area contributed by atoms with Crippen LogP contribution in [-0.4, -0.2) is 42.1 Å². The van der Waals surface area contributed by atoms with Crippen LogP contribution in [0.1, 0.15) is 22.0 Å². The molecule has 0 radical (unpaired) electrons. The Morgan fingerprint density at radius 3 is 3.00 bits per heavy atom. The van der Waals surface area contributed by atoms with Gasteiger partial charge in [0, 0.05) is 37.3 Å². The van der Waals surface area contributed by atoms with Crippen LogP contribution in [0.15, 0.2) is 23.3 Å². The number of rotatable bonds is 4. The summed E-state index contributed by atoms with van der Waals surface area (Å²) in [4.78, 5) is 16.7. The van der Waals surface area contributed by atoms with E-state index in [2.05, 4.69) is 37.4 Å². The van der Waals surface area contributed by atoms with E-state index in [1.807, 2.05) is 19.1 Å². The molecular weight excluding hydrogens is 356 g/mol. The number of hydrogen-bond donors (Lipinski definition) is 2. The van der Waals surface area contributed by atoms with Gasteiger partial charge in [0.05, 0.1) is 17.3 Å². The molecule has 25 heavy (non-hydrogen) atoms. The summed E-state index contributed by atoms with van der Waals surface area (Å²) in [6.07, 6.45) is 2.80. The van der Waals surface area contributed by atoms with E-state index in [9.17, 15) is 0 Å². The number of guanidine groups is 1. The number of hydrogen-bond acceptors (Lipinski definition) is 5. The van der Waals surface area contributed by atoms with Crippen LogP contribution in [0.3, 0.4) is 0 Å². The molecule has 0 spiro atoms. The Hall–Kier alpha value is -1.86. The van der Waals surface area contributed by atoms with Gasteiger partial charge >= 0.3 is 0 Å². The predicted molar refractivity (Wildman–Crippen MR) is 105 cm³/mol. The molecule has 8 heteroatoms. The van der Waals surface area contributed by atoms with Gasteiger partial charge in [-0.2, -0.15) is 0 Å². The smallest absolute Gasteiger partial charge is 0.191 e. The van der Waals surface area contributed by atoms with Crippen molar-refractivity contribution in [2.45, 2.75) is 32.9 Å². The largest absolute Gasteiger partial charge is 0.353 e. The van der Waals surface area contributed by atoms with Crippen LogP contribution >= 0.6 is 22.9 Å². The topological polar surface area (TPSA) is 65.4 Å². The Kier molecular flexibility index (Phi) is 5.75. The van der Waals surface area contributed by atoms with Crippen molar-refractivity contribution < 1.29 is 0 Å². The Bertz CT molecular complexity index is 740. The third-order valence-electron chi connectivity index (χ3n) is 4.27. The van der Waals surface area contributed by atoms with Crippen molar-refractivity contribution in [1.82, 2.24) is 20.6 Å². The number of halogens is 1. The highest BCUT2D eigenvalue weighted by atomic mass is 35.5. The van der Waals surface area contributed by atoms with E-state index in [0.29, 0.717) is 17.6 Å². The lowest BCUT2D eigenvalue weighted by Crippen LogP contribution is -2.44. The van der Waals surface area contributed by atoms with Crippen molar-refractivity contribution >= 4 is 34.7 Å². The number of pyridine rings is 1. The molecule has 6 nitrogen and oxygen atoms in total. The zero-order valence-corrected chi connectivity index (χ0v) is 16.3. The first-order chi connectivity index (χ1) is 12.1. The van der Waals surface area contributed by atoms with Gasteiger partial charge in [-0.15, -0.1) is 11.3 Å². The van der Waals surface area contributed by atoms with Crippen molar-refractivity contribution in [2.24, 2.45) is 4.99 Å². The fraction of sp³-hybridized carbons (Fsp3) is 0.471. The van der Waals surface area contributed by atoms with Gasteiger partial charge in [-0.3, -0.25) is 4.99 Å². The van der Waals surface area contributed by atoms with Gasteiger partial charge in [0.2, 0.25) is 0 Å². The molecule has 1 aliphatic rings. The molecule has 1 atom stereocenters. The normalized spacial score (nSPS) is 17.8. The molecular formula is C17H23ClN6S. The van der Waals surface area contributed by atoms with E-state index in [1.165, 1.54) is 4.88 Å². The zero-order valence-electron chi connectivity index (χ0n) is 14.7. The summed E-state index contributed by atoms with van der Waals surface area (Å²) >= 11 is 7.97. The molecule has 2 aromatic rings. The number of nitrogens with one attached hydrogen (secondary N) is 2. The van der Waals surface area contributed by atoms with Gasteiger partial charge in [-0.05, 0) is 32.4 Å². The van der Waals surface area contributed by atoms with Gasteiger partial charge in [0.25, 0.3) is 0 Å². The zero-order chi connectivity index (χ0) is 17.8. The molecule has 3 heterocycles. The lowest BCUT2D eigenvalue weighted by Gasteiger charge is -2.20. The standard InChI is InChI=1S/C17H23ClN6S/c1-11-12(2)25-15(22-11)9-21-17(19-3)23-13-6-8-24(10-13)16-14(18)5-4-7-20-16/h4-5,7,13H,6,8-10H2,1-3H3,(H2,19,21,23). The first-order valence-corrected chi connectivity index (χ1v) is 9.52. The first kappa shape index (κ1) is 17.9. The van der Waals surface area contributed by atoms with E-state index in [4.69, 9.17) is 11.6 Å². The summed E-state index contributed by atoms with van der Waals surface area (Å²) in [7, 11) is 1.79. The van der Waals surface area contributed by atoms with E-state index >= 15 is 0 Å². The highest BCUT2D eigenvalue weighted by Gasteiger charge is 2.25. The molecule has 0 aromatic carbocycles. The monoisotopic (exact) mass is 378 g/mol. The molecule has 0 bridgehead atoms. The number of aryl methyl sites for hydroxylation is 2. The van der Waals surface area contributed by atoms with E-state index < -0.39 is 0 Å². The lowest BCUT2D eigenvalue weighted by atomic mass is 10.3. The van der Waals surface area contributed by atoms with Crippen LogP contribution < -0.4 is 15.5 Å². The number of aliphatic imine (C=N–C) groups is 1. The second-order valence-corrected chi connectivity index (χ2v) is 7.75. The molecule has 2 aromatic heterocycles. The maximum Gasteiger partial charge on any atom is 0.191 e. The van der Waals surface area contributed by atoms with Gasteiger partial charge in [0.1, 0.15) is 10.8 Å². The van der Waals surface area contributed by atoms with Crippen LogP contribution in [0.4, 0.5) is 5.82 Å². The van der Waals surface area contributed by atoms with Crippen molar-refractivity contribution in [3.63, 3.8) is 0 Å². The minimum Gasteiger partial charge on any atom is -0.353 e. The average molecular weight is 379 g/mol. The van der Waals surface area contributed by atoms with Crippen LogP contribution in [0.2, 0.25) is 5.02 Å². The third-order valence-corrected chi connectivity index (χ3v) is 5.64. The second-order valence-electron chi connectivity index (χ2n) is 6.06. The van der Waals surface area contributed by atoms with E-state index in [-0.39, 0.29) is 0 Å². The molecule has 0 amide bonds. The maximum absolute atomic E-state index is 6.25. The second kappa shape index (κ2) is 8.01. The first-order valence-electron chi connectivity index (χ1n) is 8.32. The Labute approximate surface area is 157 Å². The Morgan fingerprint density at radius 2 is 2.32 bits per heavy atom. The van der Waals surface area contributed by atoms with Gasteiger partial charge in [0.15, 0.2) is 5.96 Å². The van der Waals surface area contributed by atoms with E-state index in [1.54, 1.807) is 24.6 Å². The van der Waals surface area contributed by atoms with Crippen molar-refractivity contribution in [3.05, 3.63) is 38.9 Å². The summed E-state index contributed by atoms with van der Waals surface area (Å²) < 4.78 is 0. The Morgan fingerprint density at radius 1 is 1.48 bits per heavy atom. The van der Waals surface area contributed by atoms with Gasteiger partial charge in [-0.1, -0.05) is 11.6 Å².